The number of aliphatic hydroxyl groups excluding tert-OH is 3. The molecule has 0 aromatic heterocycles. The lowest BCUT2D eigenvalue weighted by atomic mass is 9.51. The van der Waals surface area contributed by atoms with Crippen LogP contribution in [0.2, 0.25) is 0 Å². The summed E-state index contributed by atoms with van der Waals surface area (Å²) < 4.78 is 34.5. The van der Waals surface area contributed by atoms with E-state index in [9.17, 15) is 24.9 Å². The summed E-state index contributed by atoms with van der Waals surface area (Å²) in [4.78, 5) is 23.1. The summed E-state index contributed by atoms with van der Waals surface area (Å²) in [6.07, 6.45) is -3.69. The molecule has 2 fully saturated rings. The van der Waals surface area contributed by atoms with E-state index >= 15 is 0 Å². The molecule has 2 saturated carbocycles. The van der Waals surface area contributed by atoms with Crippen molar-refractivity contribution in [2.45, 2.75) is 112 Å². The van der Waals surface area contributed by atoms with E-state index in [1.165, 1.54) is 0 Å². The minimum Gasteiger partial charge on any atom is -0.460 e. The fraction of sp³-hybridized carbons (Fsp3) is 0.818. The van der Waals surface area contributed by atoms with E-state index in [0.717, 1.165) is 0 Å². The minimum absolute atomic E-state index is 0.00325. The summed E-state index contributed by atoms with van der Waals surface area (Å²) in [6.45, 7) is 26.1. The molecule has 0 amide bonds. The highest BCUT2D eigenvalue weighted by molar-refractivity contribution is 5.87. The molecule has 2 rings (SSSR count). The molecular weight excluding hydrogens is 572 g/mol. The normalized spacial score (nSPS) is 28.0. The zero-order valence-electron chi connectivity index (χ0n) is 28.3. The van der Waals surface area contributed by atoms with E-state index in [4.69, 9.17) is 28.4 Å². The number of carbonyl (C=O) groups excluding carboxylic acids is 2. The maximum absolute atomic E-state index is 11.6. The van der Waals surface area contributed by atoms with Crippen LogP contribution in [0.5, 0.6) is 0 Å². The van der Waals surface area contributed by atoms with E-state index < -0.39 is 51.9 Å². The van der Waals surface area contributed by atoms with Crippen LogP contribution < -0.4 is 0 Å². The Labute approximate surface area is 262 Å². The molecule has 0 aromatic carbocycles. The summed E-state index contributed by atoms with van der Waals surface area (Å²) >= 11 is 0. The highest BCUT2D eigenvalue weighted by atomic mass is 16.6. The van der Waals surface area contributed by atoms with Gasteiger partial charge in [-0.15, -0.1) is 0 Å². The van der Waals surface area contributed by atoms with Crippen LogP contribution in [0.1, 0.15) is 69.2 Å². The van der Waals surface area contributed by atoms with E-state index in [2.05, 4.69) is 13.2 Å². The first-order valence-electron chi connectivity index (χ1n) is 15.2. The zero-order chi connectivity index (χ0) is 33.8. The second kappa shape index (κ2) is 14.7. The van der Waals surface area contributed by atoms with Crippen molar-refractivity contribution in [3.8, 4) is 0 Å². The Morgan fingerprint density at radius 3 is 0.932 bits per heavy atom. The smallest absolute Gasteiger partial charge is 0.333 e. The summed E-state index contributed by atoms with van der Waals surface area (Å²) in [7, 11) is 0. The van der Waals surface area contributed by atoms with Gasteiger partial charge in [-0.2, -0.15) is 0 Å². The molecule has 254 valence electrons. The lowest BCUT2D eigenvalue weighted by Gasteiger charge is -2.63. The second-order valence-electron chi connectivity index (χ2n) is 14.9. The Hall–Kier alpha value is -1.86. The molecule has 2 aliphatic rings. The fourth-order valence-electron chi connectivity index (χ4n) is 7.47. The molecule has 0 bridgehead atoms. The molecule has 2 unspecified atom stereocenters. The van der Waals surface area contributed by atoms with Crippen molar-refractivity contribution < 1.29 is 53.3 Å². The van der Waals surface area contributed by atoms with Crippen molar-refractivity contribution in [3.63, 3.8) is 0 Å². The van der Waals surface area contributed by atoms with Crippen LogP contribution in [0.25, 0.3) is 0 Å². The Kier molecular flexibility index (Phi) is 12.8. The Balaban J connectivity index is 1.80. The quantitative estimate of drug-likeness (QED) is 0.152. The number of aliphatic hydroxyl groups is 3. The largest absolute Gasteiger partial charge is 0.460 e. The summed E-state index contributed by atoms with van der Waals surface area (Å²) in [5.74, 6) is -1.12. The molecule has 0 aliphatic heterocycles. The molecular formula is C33H56O11. The lowest BCUT2D eigenvalue weighted by Crippen LogP contribution is -2.70. The van der Waals surface area contributed by atoms with Gasteiger partial charge in [0.05, 0.1) is 50.8 Å². The van der Waals surface area contributed by atoms with Crippen LogP contribution in [-0.2, 0) is 38.0 Å². The number of esters is 2. The maximum Gasteiger partial charge on any atom is 0.333 e. The number of carbonyl (C=O) groups is 2. The topological polar surface area (TPSA) is 150 Å². The monoisotopic (exact) mass is 628 g/mol. The van der Waals surface area contributed by atoms with Gasteiger partial charge < -0.3 is 43.7 Å². The van der Waals surface area contributed by atoms with Gasteiger partial charge in [0.15, 0.2) is 0 Å². The van der Waals surface area contributed by atoms with E-state index in [0.29, 0.717) is 0 Å². The molecule has 2 atom stereocenters. The van der Waals surface area contributed by atoms with Crippen molar-refractivity contribution in [2.75, 3.05) is 39.6 Å². The number of rotatable bonds is 18. The summed E-state index contributed by atoms with van der Waals surface area (Å²) in [6, 6.07) is 0. The molecule has 11 heteroatoms. The van der Waals surface area contributed by atoms with Crippen molar-refractivity contribution >= 4 is 11.9 Å². The molecule has 0 heterocycles. The van der Waals surface area contributed by atoms with Crippen molar-refractivity contribution in [1.29, 1.82) is 0 Å². The molecule has 0 spiro atoms. The van der Waals surface area contributed by atoms with Gasteiger partial charge in [-0.25, -0.2) is 9.59 Å². The molecule has 44 heavy (non-hydrogen) atoms. The third-order valence-corrected chi connectivity index (χ3v) is 8.74. The molecule has 0 aromatic rings. The number of hydrogen-bond acceptors (Lipinski definition) is 11. The van der Waals surface area contributed by atoms with Gasteiger partial charge in [-0.05, 0) is 13.8 Å². The number of hydrogen-bond donors (Lipinski definition) is 3. The van der Waals surface area contributed by atoms with Gasteiger partial charge in [0.2, 0.25) is 0 Å². The average molecular weight is 629 g/mol. The Bertz CT molecular complexity index is 919. The number of ether oxygens (including phenoxy) is 6. The minimum atomic E-state index is -0.967. The van der Waals surface area contributed by atoms with Gasteiger partial charge in [-0.3, -0.25) is 0 Å². The van der Waals surface area contributed by atoms with E-state index in [-0.39, 0.29) is 75.2 Å². The zero-order valence-corrected chi connectivity index (χ0v) is 28.3. The van der Waals surface area contributed by atoms with Gasteiger partial charge in [-0.1, -0.05) is 68.5 Å². The molecule has 0 radical (unpaired) electrons. The van der Waals surface area contributed by atoms with Crippen LogP contribution in [-0.4, -0.2) is 110 Å². The van der Waals surface area contributed by atoms with Crippen LogP contribution in [0.3, 0.4) is 0 Å². The third kappa shape index (κ3) is 8.69. The first-order valence-corrected chi connectivity index (χ1v) is 15.2. The summed E-state index contributed by atoms with van der Waals surface area (Å²) in [5.41, 5.74) is -1.05. The second-order valence-corrected chi connectivity index (χ2v) is 14.9. The maximum atomic E-state index is 11.6. The van der Waals surface area contributed by atoms with Crippen molar-refractivity contribution in [3.05, 3.63) is 24.3 Å². The lowest BCUT2D eigenvalue weighted by molar-refractivity contribution is -0.301. The van der Waals surface area contributed by atoms with E-state index in [1.807, 2.05) is 55.4 Å². The van der Waals surface area contributed by atoms with Gasteiger partial charge in [0.25, 0.3) is 0 Å². The molecule has 2 aliphatic carbocycles. The Morgan fingerprint density at radius 1 is 0.523 bits per heavy atom. The van der Waals surface area contributed by atoms with Crippen LogP contribution in [0.15, 0.2) is 24.3 Å². The van der Waals surface area contributed by atoms with Gasteiger partial charge in [0.1, 0.15) is 31.5 Å². The standard InChI is InChI=1S/C33H56O11/c1-19(2)24(37)39-13-21(34)15-41-26-30(5,6)28(31(26,7)8)43-17-23(36)18-44-29-32(9,10)27(33(29,11)12)42-16-22(35)14-40-25(38)20(3)4/h21-23,26-29,34-36H,1,3,13-18H2,2,4-12H3. The summed E-state index contributed by atoms with van der Waals surface area (Å²) in [5, 5.41) is 31.2. The first-order chi connectivity index (χ1) is 20.1. The molecule has 3 N–H and O–H groups in total. The molecule has 0 saturated heterocycles. The first kappa shape index (κ1) is 38.3. The van der Waals surface area contributed by atoms with Crippen molar-refractivity contribution in [2.24, 2.45) is 21.7 Å². The van der Waals surface area contributed by atoms with Crippen molar-refractivity contribution in [1.82, 2.24) is 0 Å². The third-order valence-electron chi connectivity index (χ3n) is 8.74. The highest BCUT2D eigenvalue weighted by Crippen LogP contribution is 2.58. The molecule has 11 nitrogen and oxygen atoms in total. The fourth-order valence-corrected chi connectivity index (χ4v) is 7.47. The van der Waals surface area contributed by atoms with E-state index in [1.54, 1.807) is 13.8 Å². The average Bonchev–Trinajstić information content (AvgIpc) is 2.88. The van der Waals surface area contributed by atoms with Gasteiger partial charge in [0, 0.05) is 32.8 Å². The SMILES string of the molecule is C=C(C)C(=O)OCC(O)COC1C(C)(C)C(OCC(O)COC2C(C)(C)C(OCC(O)COC(=O)C(=C)C)C2(C)C)C1(C)C. The van der Waals surface area contributed by atoms with Gasteiger partial charge >= 0.3 is 11.9 Å². The van der Waals surface area contributed by atoms with Crippen LogP contribution >= 0.6 is 0 Å². The predicted octanol–water partition coefficient (Wildman–Crippen LogP) is 2.98. The predicted molar refractivity (Wildman–Crippen MR) is 164 cm³/mol. The highest BCUT2D eigenvalue weighted by Gasteiger charge is 2.65. The van der Waals surface area contributed by atoms with Crippen LogP contribution in [0, 0.1) is 21.7 Å². The van der Waals surface area contributed by atoms with Crippen LogP contribution in [0.4, 0.5) is 0 Å². The Morgan fingerprint density at radius 2 is 0.727 bits per heavy atom.